The molecule has 2 aliphatic heterocycles. The third-order valence-electron chi connectivity index (χ3n) is 10.5. The zero-order chi connectivity index (χ0) is 39.9. The number of carboxylic acid groups (broad SMARTS) is 2. The number of nitrogens with one attached hydrogen (secondary N) is 4. The average molecular weight is 817 g/mol. The van der Waals surface area contributed by atoms with E-state index in [-0.39, 0.29) is 23.9 Å². The molecule has 2 saturated heterocycles. The van der Waals surface area contributed by atoms with Gasteiger partial charge in [0.05, 0.1) is 32.5 Å². The number of thiazole rings is 2. The number of rotatable bonds is 10. The number of carbonyl (C=O) groups excluding carboxylic acids is 2. The summed E-state index contributed by atoms with van der Waals surface area (Å²) in [5, 5.41) is 25.2. The van der Waals surface area contributed by atoms with E-state index in [9.17, 15) is 29.4 Å². The van der Waals surface area contributed by atoms with Gasteiger partial charge in [0.2, 0.25) is 0 Å². The Morgan fingerprint density at radius 3 is 1.45 bits per heavy atom. The Balaban J connectivity index is 0.919. The molecule has 294 valence electrons. The van der Waals surface area contributed by atoms with Crippen molar-refractivity contribution < 1.29 is 29.4 Å². The second-order valence-corrected chi connectivity index (χ2v) is 16.2. The summed E-state index contributed by atoms with van der Waals surface area (Å²) in [5.41, 5.74) is 4.02. The first-order chi connectivity index (χ1) is 28.2. The van der Waals surface area contributed by atoms with Crippen molar-refractivity contribution in [2.24, 2.45) is 0 Å². The van der Waals surface area contributed by atoms with Gasteiger partial charge in [-0.2, -0.15) is 0 Å². The lowest BCUT2D eigenvalue weighted by atomic mass is 10.1. The van der Waals surface area contributed by atoms with Crippen LogP contribution in [-0.4, -0.2) is 87.0 Å². The lowest BCUT2D eigenvalue weighted by Crippen LogP contribution is -2.42. The van der Waals surface area contributed by atoms with E-state index in [4.69, 9.17) is 19.9 Å². The van der Waals surface area contributed by atoms with Crippen LogP contribution in [0.4, 0.5) is 9.59 Å². The number of likely N-dealkylation sites (tertiary alicyclic amines) is 2. The van der Waals surface area contributed by atoms with Crippen LogP contribution in [0.25, 0.3) is 41.8 Å². The SMILES string of the molecule is O=C(O)N[C@@H](C(=O)N1CCC[C@H]1c1nc(-c2nc3cc4sc(-c5c[nH]c([C@@H]6CCCN6C(=O)[C@H](NC(=O)O)c6ccccc6)n5)nc4cc3s2)c[nH]1)c1ccccc1. The molecule has 4 atom stereocenters. The molecule has 3 aromatic carbocycles. The summed E-state index contributed by atoms with van der Waals surface area (Å²) in [6.45, 7) is 0.966. The summed E-state index contributed by atoms with van der Waals surface area (Å²) < 4.78 is 1.86. The van der Waals surface area contributed by atoms with E-state index in [1.54, 1.807) is 70.7 Å². The molecule has 58 heavy (non-hydrogen) atoms. The van der Waals surface area contributed by atoms with E-state index in [2.05, 4.69) is 20.6 Å². The highest BCUT2D eigenvalue weighted by Crippen LogP contribution is 2.39. The molecule has 4 aromatic heterocycles. The second kappa shape index (κ2) is 15.4. The molecular weight excluding hydrogens is 781 g/mol. The van der Waals surface area contributed by atoms with E-state index < -0.39 is 24.3 Å². The number of hydrogen-bond donors (Lipinski definition) is 6. The molecule has 0 radical (unpaired) electrons. The van der Waals surface area contributed by atoms with Crippen molar-refractivity contribution in [3.63, 3.8) is 0 Å². The van der Waals surface area contributed by atoms with Crippen LogP contribution in [0, 0.1) is 0 Å². The smallest absolute Gasteiger partial charge is 0.405 e. The Hall–Kier alpha value is -6.66. The Morgan fingerprint density at radius 1 is 0.638 bits per heavy atom. The topological polar surface area (TPSA) is 222 Å². The Kier molecular flexibility index (Phi) is 9.78. The van der Waals surface area contributed by atoms with Gasteiger partial charge in [-0.25, -0.2) is 29.5 Å². The van der Waals surface area contributed by atoms with Gasteiger partial charge >= 0.3 is 12.2 Å². The normalized spacial score (nSPS) is 17.8. The first-order valence-electron chi connectivity index (χ1n) is 18.7. The third kappa shape index (κ3) is 7.11. The van der Waals surface area contributed by atoms with Crippen LogP contribution in [0.2, 0.25) is 0 Å². The highest BCUT2D eigenvalue weighted by molar-refractivity contribution is 7.23. The molecule has 9 rings (SSSR count). The number of imidazole rings is 2. The first-order valence-corrected chi connectivity index (χ1v) is 20.4. The fourth-order valence-electron chi connectivity index (χ4n) is 7.88. The highest BCUT2D eigenvalue weighted by atomic mass is 32.1. The zero-order valence-corrected chi connectivity index (χ0v) is 32.3. The molecule has 0 spiro atoms. The molecule has 2 aliphatic rings. The van der Waals surface area contributed by atoms with Gasteiger partial charge in [0.15, 0.2) is 0 Å². The van der Waals surface area contributed by atoms with Crippen LogP contribution in [0.5, 0.6) is 0 Å². The fraction of sp³-hybridized carbons (Fsp3) is 0.250. The summed E-state index contributed by atoms with van der Waals surface area (Å²) in [6.07, 6.45) is 3.91. The molecule has 7 aromatic rings. The number of amides is 4. The maximum atomic E-state index is 13.8. The number of nitrogens with zero attached hydrogens (tertiary/aromatic N) is 6. The number of carbonyl (C=O) groups is 4. The van der Waals surface area contributed by atoms with Crippen LogP contribution < -0.4 is 10.6 Å². The number of aromatic amines is 2. The van der Waals surface area contributed by atoms with Gasteiger partial charge < -0.3 is 40.6 Å². The van der Waals surface area contributed by atoms with E-state index in [0.717, 1.165) is 33.3 Å². The maximum absolute atomic E-state index is 13.8. The van der Waals surface area contributed by atoms with Crippen molar-refractivity contribution >= 4 is 67.1 Å². The average Bonchev–Trinajstić information content (AvgIpc) is 4.08. The van der Waals surface area contributed by atoms with Crippen molar-refractivity contribution in [3.8, 4) is 21.4 Å². The van der Waals surface area contributed by atoms with E-state index in [1.165, 1.54) is 22.7 Å². The quantitative estimate of drug-likeness (QED) is 0.0827. The molecule has 0 bridgehead atoms. The third-order valence-corrected chi connectivity index (χ3v) is 12.6. The molecule has 6 heterocycles. The van der Waals surface area contributed by atoms with Gasteiger partial charge in [0, 0.05) is 25.5 Å². The summed E-state index contributed by atoms with van der Waals surface area (Å²) in [7, 11) is 0. The number of aromatic nitrogens is 6. The van der Waals surface area contributed by atoms with Gasteiger partial charge in [-0.05, 0) is 48.9 Å². The zero-order valence-electron chi connectivity index (χ0n) is 30.7. The first kappa shape index (κ1) is 36.9. The van der Waals surface area contributed by atoms with E-state index in [1.807, 2.05) is 24.3 Å². The van der Waals surface area contributed by atoms with E-state index in [0.29, 0.717) is 70.1 Å². The van der Waals surface area contributed by atoms with Crippen molar-refractivity contribution in [2.75, 3.05) is 13.1 Å². The number of benzene rings is 3. The minimum absolute atomic E-state index is 0.329. The Bertz CT molecular complexity index is 2430. The van der Waals surface area contributed by atoms with E-state index >= 15 is 0 Å². The molecule has 0 aliphatic carbocycles. The van der Waals surface area contributed by atoms with Crippen molar-refractivity contribution in [1.82, 2.24) is 50.3 Å². The van der Waals surface area contributed by atoms with Gasteiger partial charge in [-0.3, -0.25) is 9.59 Å². The summed E-state index contributed by atoms with van der Waals surface area (Å²) in [5.74, 6) is 0.576. The summed E-state index contributed by atoms with van der Waals surface area (Å²) in [6, 6.07) is 18.9. The van der Waals surface area contributed by atoms with Gasteiger partial charge in [0.1, 0.15) is 45.1 Å². The molecule has 0 saturated carbocycles. The summed E-state index contributed by atoms with van der Waals surface area (Å²) >= 11 is 2.97. The molecule has 18 heteroatoms. The van der Waals surface area contributed by atoms with Crippen LogP contribution >= 0.6 is 22.7 Å². The minimum Gasteiger partial charge on any atom is -0.465 e. The minimum atomic E-state index is -1.27. The van der Waals surface area contributed by atoms with Crippen molar-refractivity contribution in [2.45, 2.75) is 49.9 Å². The predicted molar refractivity (Wildman–Crippen MR) is 216 cm³/mol. The van der Waals surface area contributed by atoms with Crippen LogP contribution in [-0.2, 0) is 9.59 Å². The molecule has 0 unspecified atom stereocenters. The monoisotopic (exact) mass is 816 g/mol. The fourth-order valence-corrected chi connectivity index (χ4v) is 9.76. The summed E-state index contributed by atoms with van der Waals surface area (Å²) in [4.78, 5) is 80.2. The van der Waals surface area contributed by atoms with Gasteiger partial charge in [-0.15, -0.1) is 22.7 Å². The maximum Gasteiger partial charge on any atom is 0.405 e. The van der Waals surface area contributed by atoms with Crippen molar-refractivity contribution in [1.29, 1.82) is 0 Å². The largest absolute Gasteiger partial charge is 0.465 e. The Morgan fingerprint density at radius 2 is 1.05 bits per heavy atom. The van der Waals surface area contributed by atoms with Crippen LogP contribution in [0.3, 0.4) is 0 Å². The second-order valence-electron chi connectivity index (χ2n) is 14.1. The molecule has 2 fully saturated rings. The lowest BCUT2D eigenvalue weighted by molar-refractivity contribution is -0.135. The standard InChI is InChI=1S/C40H36N10O6S2/c51-37(31(47-39(53)54)21-9-3-1-4-10-21)49-15-7-13-27(49)33-41-19-25(43-33)35-45-23-17-30-24(18-29(23)57-35)46-36(58-30)26-20-42-34(44-26)28-14-8-16-50(28)38(52)32(48-40(55)56)22-11-5-2-6-12-22/h1-6,9-12,17-20,27-28,31-32,47-48H,7-8,13-16H2,(H,41,43)(H,42,44)(H,53,54)(H,55,56)/t27-,28-,31+,32+/m0/s1. The van der Waals surface area contributed by atoms with Crippen molar-refractivity contribution in [3.05, 3.63) is 108 Å². The van der Waals surface area contributed by atoms with Crippen LogP contribution in [0.1, 0.15) is 72.6 Å². The number of fused-ring (bicyclic) bond motifs is 2. The predicted octanol–water partition coefficient (Wildman–Crippen LogP) is 7.03. The molecular formula is C40H36N10O6S2. The van der Waals surface area contributed by atoms with Crippen LogP contribution in [0.15, 0.2) is 85.2 Å². The number of H-pyrrole nitrogens is 2. The van der Waals surface area contributed by atoms with Gasteiger partial charge in [0.25, 0.3) is 11.8 Å². The molecule has 6 N–H and O–H groups in total. The highest BCUT2D eigenvalue weighted by Gasteiger charge is 2.38. The number of hydrogen-bond acceptors (Lipinski definition) is 10. The Labute approximate surface area is 338 Å². The molecule has 16 nitrogen and oxygen atoms in total. The lowest BCUT2D eigenvalue weighted by Gasteiger charge is -2.28. The van der Waals surface area contributed by atoms with Gasteiger partial charge in [-0.1, -0.05) is 60.7 Å². The molecule has 4 amide bonds.